The molecule has 0 saturated heterocycles. The van der Waals surface area contributed by atoms with Crippen molar-refractivity contribution in [2.75, 3.05) is 5.32 Å². The Morgan fingerprint density at radius 2 is 1.67 bits per heavy atom. The standard InChI is InChI=1S/C24H27FN2O2S/c1-14(2)19-7-6-8-20(15(3)4)22(19)27-24(28)23-16(5)26-21(30-23)13-29-18-11-9-17(25)10-12-18/h6-12,14-15H,13H2,1-5H3,(H,27,28). The van der Waals surface area contributed by atoms with Crippen molar-refractivity contribution >= 4 is 22.9 Å². The van der Waals surface area contributed by atoms with Gasteiger partial charge in [-0.25, -0.2) is 9.37 Å². The summed E-state index contributed by atoms with van der Waals surface area (Å²) in [4.78, 5) is 18.1. The van der Waals surface area contributed by atoms with Crippen LogP contribution in [0.15, 0.2) is 42.5 Å². The average molecular weight is 427 g/mol. The van der Waals surface area contributed by atoms with E-state index in [9.17, 15) is 9.18 Å². The molecule has 3 aromatic rings. The van der Waals surface area contributed by atoms with Crippen LogP contribution in [-0.4, -0.2) is 10.9 Å². The number of hydrogen-bond donors (Lipinski definition) is 1. The second-order valence-electron chi connectivity index (χ2n) is 7.84. The monoisotopic (exact) mass is 426 g/mol. The summed E-state index contributed by atoms with van der Waals surface area (Å²) in [6.07, 6.45) is 0. The van der Waals surface area contributed by atoms with Gasteiger partial charge in [0.2, 0.25) is 0 Å². The molecule has 30 heavy (non-hydrogen) atoms. The van der Waals surface area contributed by atoms with Gasteiger partial charge in [0, 0.05) is 5.69 Å². The molecule has 0 unspecified atom stereocenters. The van der Waals surface area contributed by atoms with E-state index < -0.39 is 0 Å². The number of carbonyl (C=O) groups excluding carboxylic acids is 1. The van der Waals surface area contributed by atoms with Crippen LogP contribution in [0.1, 0.15) is 71.0 Å². The van der Waals surface area contributed by atoms with Crippen molar-refractivity contribution in [2.24, 2.45) is 0 Å². The lowest BCUT2D eigenvalue weighted by molar-refractivity contribution is 0.102. The first-order valence-corrected chi connectivity index (χ1v) is 10.9. The van der Waals surface area contributed by atoms with Gasteiger partial charge in [0.15, 0.2) is 0 Å². The fourth-order valence-electron chi connectivity index (χ4n) is 3.27. The van der Waals surface area contributed by atoms with Crippen molar-refractivity contribution < 1.29 is 13.9 Å². The zero-order chi connectivity index (χ0) is 21.8. The molecule has 1 heterocycles. The summed E-state index contributed by atoms with van der Waals surface area (Å²) in [5, 5.41) is 3.84. The molecule has 0 radical (unpaired) electrons. The second kappa shape index (κ2) is 9.39. The van der Waals surface area contributed by atoms with Gasteiger partial charge in [0.1, 0.15) is 28.1 Å². The first-order valence-electron chi connectivity index (χ1n) is 10.0. The number of rotatable bonds is 7. The molecule has 1 amide bonds. The maximum atomic E-state index is 13.1. The molecule has 0 spiro atoms. The molecule has 4 nitrogen and oxygen atoms in total. The maximum Gasteiger partial charge on any atom is 0.267 e. The van der Waals surface area contributed by atoms with Crippen LogP contribution >= 0.6 is 11.3 Å². The van der Waals surface area contributed by atoms with E-state index in [4.69, 9.17) is 4.74 Å². The zero-order valence-corrected chi connectivity index (χ0v) is 18.8. The SMILES string of the molecule is Cc1nc(COc2ccc(F)cc2)sc1C(=O)Nc1c(C(C)C)cccc1C(C)C. The van der Waals surface area contributed by atoms with Crippen molar-refractivity contribution in [3.63, 3.8) is 0 Å². The van der Waals surface area contributed by atoms with Crippen LogP contribution < -0.4 is 10.1 Å². The van der Waals surface area contributed by atoms with Crippen LogP contribution in [0.5, 0.6) is 5.75 Å². The van der Waals surface area contributed by atoms with E-state index in [-0.39, 0.29) is 18.3 Å². The number of para-hydroxylation sites is 1. The summed E-state index contributed by atoms with van der Waals surface area (Å²) in [5.74, 6) is 0.673. The molecule has 0 saturated carbocycles. The third-order valence-corrected chi connectivity index (χ3v) is 5.96. The molecule has 0 aliphatic carbocycles. The lowest BCUT2D eigenvalue weighted by atomic mass is 9.92. The summed E-state index contributed by atoms with van der Waals surface area (Å²) >= 11 is 1.32. The summed E-state index contributed by atoms with van der Waals surface area (Å²) in [6.45, 7) is 10.5. The molecule has 0 atom stereocenters. The third kappa shape index (κ3) is 5.05. The first-order chi connectivity index (χ1) is 14.3. The Labute approximate surface area is 181 Å². The quantitative estimate of drug-likeness (QED) is 0.459. The Bertz CT molecular complexity index is 1000. The van der Waals surface area contributed by atoms with E-state index >= 15 is 0 Å². The Balaban J connectivity index is 1.79. The number of halogens is 1. The van der Waals surface area contributed by atoms with Crippen LogP contribution in [0.2, 0.25) is 0 Å². The van der Waals surface area contributed by atoms with E-state index in [2.05, 4.69) is 50.1 Å². The smallest absolute Gasteiger partial charge is 0.267 e. The topological polar surface area (TPSA) is 51.2 Å². The van der Waals surface area contributed by atoms with Crippen molar-refractivity contribution in [2.45, 2.75) is 53.1 Å². The van der Waals surface area contributed by atoms with E-state index in [1.807, 2.05) is 13.0 Å². The number of carbonyl (C=O) groups is 1. The van der Waals surface area contributed by atoms with Gasteiger partial charge < -0.3 is 10.1 Å². The highest BCUT2D eigenvalue weighted by Crippen LogP contribution is 2.33. The van der Waals surface area contributed by atoms with Crippen molar-refractivity contribution in [1.82, 2.24) is 4.98 Å². The Kier molecular flexibility index (Phi) is 6.87. The molecule has 158 valence electrons. The van der Waals surface area contributed by atoms with Crippen LogP contribution in [0.4, 0.5) is 10.1 Å². The Morgan fingerprint density at radius 3 is 2.23 bits per heavy atom. The molecule has 0 aliphatic heterocycles. The molecule has 3 rings (SSSR count). The average Bonchev–Trinajstić information content (AvgIpc) is 3.08. The summed E-state index contributed by atoms with van der Waals surface area (Å²) in [7, 11) is 0. The Morgan fingerprint density at radius 1 is 1.07 bits per heavy atom. The fourth-order valence-corrected chi connectivity index (χ4v) is 4.14. The molecule has 2 aromatic carbocycles. The van der Waals surface area contributed by atoms with Crippen molar-refractivity contribution in [3.05, 3.63) is 75.0 Å². The first kappa shape index (κ1) is 22.0. The predicted octanol–water partition coefficient (Wildman–Crippen LogP) is 6.67. The normalized spacial score (nSPS) is 11.2. The minimum atomic E-state index is -0.311. The Hall–Kier alpha value is -2.73. The molecule has 1 N–H and O–H groups in total. The van der Waals surface area contributed by atoms with E-state index in [1.165, 1.54) is 23.5 Å². The van der Waals surface area contributed by atoms with Crippen LogP contribution in [0.3, 0.4) is 0 Å². The van der Waals surface area contributed by atoms with Gasteiger partial charge in [-0.3, -0.25) is 4.79 Å². The van der Waals surface area contributed by atoms with Gasteiger partial charge in [0.05, 0.1) is 5.69 Å². The number of aryl methyl sites for hydroxylation is 1. The highest BCUT2D eigenvalue weighted by molar-refractivity contribution is 7.13. The highest BCUT2D eigenvalue weighted by Gasteiger charge is 2.20. The van der Waals surface area contributed by atoms with Gasteiger partial charge in [-0.2, -0.15) is 0 Å². The maximum absolute atomic E-state index is 13.1. The van der Waals surface area contributed by atoms with Gasteiger partial charge >= 0.3 is 0 Å². The predicted molar refractivity (Wildman–Crippen MR) is 120 cm³/mol. The number of ether oxygens (including phenoxy) is 1. The minimum Gasteiger partial charge on any atom is -0.486 e. The molecular formula is C24H27FN2O2S. The molecule has 0 fully saturated rings. The number of thiazole rings is 1. The van der Waals surface area contributed by atoms with Crippen LogP contribution in [0, 0.1) is 12.7 Å². The van der Waals surface area contributed by atoms with Crippen LogP contribution in [0.25, 0.3) is 0 Å². The van der Waals surface area contributed by atoms with Crippen LogP contribution in [-0.2, 0) is 6.61 Å². The lowest BCUT2D eigenvalue weighted by Gasteiger charge is -2.20. The summed E-state index contributed by atoms with van der Waals surface area (Å²) in [5.41, 5.74) is 3.81. The van der Waals surface area contributed by atoms with Gasteiger partial charge in [-0.1, -0.05) is 45.9 Å². The molecule has 1 aromatic heterocycles. The fraction of sp³-hybridized carbons (Fsp3) is 0.333. The minimum absolute atomic E-state index is 0.159. The summed E-state index contributed by atoms with van der Waals surface area (Å²) < 4.78 is 18.7. The molecule has 0 aliphatic rings. The highest BCUT2D eigenvalue weighted by atomic mass is 32.1. The molecule has 0 bridgehead atoms. The molecular weight excluding hydrogens is 399 g/mol. The summed E-state index contributed by atoms with van der Waals surface area (Å²) in [6, 6.07) is 12.0. The number of nitrogens with one attached hydrogen (secondary N) is 1. The van der Waals surface area contributed by atoms with E-state index in [1.54, 1.807) is 12.1 Å². The second-order valence-corrected chi connectivity index (χ2v) is 8.92. The molecule has 6 heteroatoms. The number of amides is 1. The lowest BCUT2D eigenvalue weighted by Crippen LogP contribution is -2.15. The van der Waals surface area contributed by atoms with E-state index in [0.717, 1.165) is 16.8 Å². The van der Waals surface area contributed by atoms with Crippen molar-refractivity contribution in [3.8, 4) is 5.75 Å². The largest absolute Gasteiger partial charge is 0.486 e. The zero-order valence-electron chi connectivity index (χ0n) is 18.0. The van der Waals surface area contributed by atoms with Crippen molar-refractivity contribution in [1.29, 1.82) is 0 Å². The number of nitrogens with zero attached hydrogens (tertiary/aromatic N) is 1. The number of benzene rings is 2. The van der Waals surface area contributed by atoms with E-state index in [0.29, 0.717) is 33.2 Å². The number of hydrogen-bond acceptors (Lipinski definition) is 4. The van der Waals surface area contributed by atoms with Gasteiger partial charge in [-0.05, 0) is 54.2 Å². The number of anilines is 1. The van der Waals surface area contributed by atoms with Gasteiger partial charge in [0.25, 0.3) is 5.91 Å². The number of aromatic nitrogens is 1. The van der Waals surface area contributed by atoms with Gasteiger partial charge in [-0.15, -0.1) is 11.3 Å². The third-order valence-electron chi connectivity index (χ3n) is 4.83.